The Kier molecular flexibility index (Phi) is 5.88. The summed E-state index contributed by atoms with van der Waals surface area (Å²) in [6, 6.07) is 7.79. The molecule has 0 radical (unpaired) electrons. The van der Waals surface area contributed by atoms with Gasteiger partial charge in [0.25, 0.3) is 0 Å². The molecule has 1 fully saturated rings. The zero-order valence-electron chi connectivity index (χ0n) is 14.9. The van der Waals surface area contributed by atoms with Gasteiger partial charge in [0.15, 0.2) is 0 Å². The van der Waals surface area contributed by atoms with Crippen molar-refractivity contribution in [3.05, 3.63) is 48.0 Å². The maximum absolute atomic E-state index is 12.3. The summed E-state index contributed by atoms with van der Waals surface area (Å²) in [5, 5.41) is 2.91. The number of amides is 2. The van der Waals surface area contributed by atoms with Crippen molar-refractivity contribution in [1.29, 1.82) is 0 Å². The number of nitrogens with one attached hydrogen (secondary N) is 2. The molecule has 138 valence electrons. The lowest BCUT2D eigenvalue weighted by atomic mass is 10.1. The highest BCUT2D eigenvalue weighted by atomic mass is 16.5. The van der Waals surface area contributed by atoms with Crippen molar-refractivity contribution >= 4 is 11.8 Å². The van der Waals surface area contributed by atoms with Crippen LogP contribution in [0, 0.1) is 5.92 Å². The topological polar surface area (TPSA) is 87.3 Å². The van der Waals surface area contributed by atoms with E-state index in [1.807, 2.05) is 24.3 Å². The summed E-state index contributed by atoms with van der Waals surface area (Å²) in [7, 11) is 1.64. The Morgan fingerprint density at radius 3 is 3.00 bits per heavy atom. The standard InChI is InChI=1S/C19H24N4O3/c1-26-17-5-3-2-4-14(17)7-9-23-12-15(10-18(23)24)19(25)21-8-6-16-11-20-13-22-16/h2-5,11,13,15H,6-10,12H2,1H3,(H,20,22)(H,21,25). The van der Waals surface area contributed by atoms with Crippen molar-refractivity contribution < 1.29 is 14.3 Å². The predicted molar refractivity (Wildman–Crippen MR) is 96.7 cm³/mol. The van der Waals surface area contributed by atoms with E-state index in [1.165, 1.54) is 0 Å². The van der Waals surface area contributed by atoms with E-state index in [2.05, 4.69) is 15.3 Å². The van der Waals surface area contributed by atoms with E-state index in [9.17, 15) is 9.59 Å². The number of hydrogen-bond acceptors (Lipinski definition) is 4. The number of carbonyl (C=O) groups excluding carboxylic acids is 2. The van der Waals surface area contributed by atoms with Crippen LogP contribution < -0.4 is 10.1 Å². The summed E-state index contributed by atoms with van der Waals surface area (Å²) in [5.74, 6) is 0.528. The maximum Gasteiger partial charge on any atom is 0.225 e. The molecule has 2 heterocycles. The van der Waals surface area contributed by atoms with Crippen molar-refractivity contribution in [2.24, 2.45) is 5.92 Å². The molecule has 1 aromatic carbocycles. The first kappa shape index (κ1) is 18.0. The lowest BCUT2D eigenvalue weighted by Gasteiger charge is -2.17. The molecule has 2 aromatic rings. The van der Waals surface area contributed by atoms with Crippen LogP contribution in [0.25, 0.3) is 0 Å². The molecule has 7 nitrogen and oxygen atoms in total. The molecular weight excluding hydrogens is 332 g/mol. The van der Waals surface area contributed by atoms with Crippen molar-refractivity contribution in [3.8, 4) is 5.75 Å². The van der Waals surface area contributed by atoms with E-state index < -0.39 is 0 Å². The highest BCUT2D eigenvalue weighted by molar-refractivity contribution is 5.89. The summed E-state index contributed by atoms with van der Waals surface area (Å²) >= 11 is 0. The Morgan fingerprint density at radius 2 is 2.23 bits per heavy atom. The average Bonchev–Trinajstić information content (AvgIpc) is 3.30. The Balaban J connectivity index is 1.46. The third kappa shape index (κ3) is 4.41. The second-order valence-electron chi connectivity index (χ2n) is 6.42. The molecule has 1 atom stereocenters. The van der Waals surface area contributed by atoms with Gasteiger partial charge in [0, 0.05) is 44.4 Å². The minimum absolute atomic E-state index is 0.0358. The van der Waals surface area contributed by atoms with Crippen LogP contribution in [0.1, 0.15) is 17.7 Å². The summed E-state index contributed by atoms with van der Waals surface area (Å²) in [5.41, 5.74) is 2.04. The molecule has 1 aliphatic rings. The number of benzene rings is 1. The van der Waals surface area contributed by atoms with Crippen LogP contribution in [-0.4, -0.2) is 53.4 Å². The minimum atomic E-state index is -0.276. The second-order valence-corrected chi connectivity index (χ2v) is 6.42. The van der Waals surface area contributed by atoms with Gasteiger partial charge in [-0.3, -0.25) is 9.59 Å². The van der Waals surface area contributed by atoms with E-state index in [1.54, 1.807) is 24.5 Å². The fraction of sp³-hybridized carbons (Fsp3) is 0.421. The number of hydrogen-bond donors (Lipinski definition) is 2. The normalized spacial score (nSPS) is 16.7. The van der Waals surface area contributed by atoms with Crippen LogP contribution in [0.3, 0.4) is 0 Å². The molecule has 2 N–H and O–H groups in total. The number of para-hydroxylation sites is 1. The first-order valence-electron chi connectivity index (χ1n) is 8.82. The molecule has 2 amide bonds. The fourth-order valence-electron chi connectivity index (χ4n) is 3.21. The van der Waals surface area contributed by atoms with Crippen LogP contribution in [-0.2, 0) is 22.4 Å². The lowest BCUT2D eigenvalue weighted by molar-refractivity contribution is -0.129. The Bertz CT molecular complexity index is 745. The molecule has 0 saturated carbocycles. The zero-order valence-corrected chi connectivity index (χ0v) is 14.9. The molecule has 0 bridgehead atoms. The third-order valence-electron chi connectivity index (χ3n) is 4.68. The van der Waals surface area contributed by atoms with Gasteiger partial charge in [0.05, 0.1) is 19.4 Å². The van der Waals surface area contributed by atoms with Crippen LogP contribution in [0.15, 0.2) is 36.8 Å². The number of H-pyrrole nitrogens is 1. The van der Waals surface area contributed by atoms with Gasteiger partial charge in [-0.1, -0.05) is 18.2 Å². The molecule has 26 heavy (non-hydrogen) atoms. The van der Waals surface area contributed by atoms with Gasteiger partial charge in [-0.05, 0) is 18.1 Å². The quantitative estimate of drug-likeness (QED) is 0.743. The van der Waals surface area contributed by atoms with E-state index in [-0.39, 0.29) is 24.2 Å². The first-order valence-corrected chi connectivity index (χ1v) is 8.82. The molecule has 1 aromatic heterocycles. The predicted octanol–water partition coefficient (Wildman–Crippen LogP) is 1.17. The molecular formula is C19H24N4O3. The molecule has 0 aliphatic carbocycles. The fourth-order valence-corrected chi connectivity index (χ4v) is 3.21. The number of imidazole rings is 1. The number of ether oxygens (including phenoxy) is 1. The van der Waals surface area contributed by atoms with E-state index in [4.69, 9.17) is 4.74 Å². The van der Waals surface area contributed by atoms with E-state index in [0.29, 0.717) is 32.5 Å². The Labute approximate surface area is 152 Å². The number of likely N-dealkylation sites (tertiary alicyclic amines) is 1. The molecule has 1 unspecified atom stereocenters. The largest absolute Gasteiger partial charge is 0.496 e. The van der Waals surface area contributed by atoms with Gasteiger partial charge in [-0.15, -0.1) is 0 Å². The monoisotopic (exact) mass is 356 g/mol. The molecule has 1 aliphatic heterocycles. The number of methoxy groups -OCH3 is 1. The first-order chi connectivity index (χ1) is 12.7. The van der Waals surface area contributed by atoms with Gasteiger partial charge in [0.2, 0.25) is 11.8 Å². The summed E-state index contributed by atoms with van der Waals surface area (Å²) < 4.78 is 5.35. The van der Waals surface area contributed by atoms with Crippen molar-refractivity contribution in [2.75, 3.05) is 26.7 Å². The van der Waals surface area contributed by atoms with Gasteiger partial charge in [-0.2, -0.15) is 0 Å². The average molecular weight is 356 g/mol. The zero-order chi connectivity index (χ0) is 18.4. The number of nitrogens with zero attached hydrogens (tertiary/aromatic N) is 2. The SMILES string of the molecule is COc1ccccc1CCN1CC(C(=O)NCCc2cnc[nH]2)CC1=O. The van der Waals surface area contributed by atoms with Gasteiger partial charge in [0.1, 0.15) is 5.75 Å². The Hall–Kier alpha value is -2.83. The van der Waals surface area contributed by atoms with Crippen LogP contribution in [0.2, 0.25) is 0 Å². The number of aromatic amines is 1. The third-order valence-corrected chi connectivity index (χ3v) is 4.68. The van der Waals surface area contributed by atoms with Crippen molar-refractivity contribution in [1.82, 2.24) is 20.2 Å². The highest BCUT2D eigenvalue weighted by Gasteiger charge is 2.33. The van der Waals surface area contributed by atoms with Crippen molar-refractivity contribution in [3.63, 3.8) is 0 Å². The van der Waals surface area contributed by atoms with Gasteiger partial charge >= 0.3 is 0 Å². The molecule has 0 spiro atoms. The number of rotatable bonds is 8. The van der Waals surface area contributed by atoms with Gasteiger partial charge < -0.3 is 19.9 Å². The van der Waals surface area contributed by atoms with Crippen LogP contribution in [0.4, 0.5) is 0 Å². The summed E-state index contributed by atoms with van der Waals surface area (Å²) in [6.07, 6.45) is 5.05. The molecule has 7 heteroatoms. The van der Waals surface area contributed by atoms with Crippen LogP contribution in [0.5, 0.6) is 5.75 Å². The summed E-state index contributed by atoms with van der Waals surface area (Å²) in [6.45, 7) is 1.61. The van der Waals surface area contributed by atoms with E-state index in [0.717, 1.165) is 17.0 Å². The van der Waals surface area contributed by atoms with E-state index >= 15 is 0 Å². The van der Waals surface area contributed by atoms with Gasteiger partial charge in [-0.25, -0.2) is 4.98 Å². The number of carbonyl (C=O) groups is 2. The second kappa shape index (κ2) is 8.51. The maximum atomic E-state index is 12.3. The smallest absolute Gasteiger partial charge is 0.225 e. The number of aromatic nitrogens is 2. The molecule has 1 saturated heterocycles. The lowest BCUT2D eigenvalue weighted by Crippen LogP contribution is -2.34. The van der Waals surface area contributed by atoms with Crippen LogP contribution >= 0.6 is 0 Å². The van der Waals surface area contributed by atoms with Crippen molar-refractivity contribution in [2.45, 2.75) is 19.3 Å². The Morgan fingerprint density at radius 1 is 1.38 bits per heavy atom. The highest BCUT2D eigenvalue weighted by Crippen LogP contribution is 2.21. The molecule has 3 rings (SSSR count). The summed E-state index contributed by atoms with van der Waals surface area (Å²) in [4.78, 5) is 33.2. The minimum Gasteiger partial charge on any atom is -0.496 e.